The molecule has 2 aromatic rings. The van der Waals surface area contributed by atoms with Gasteiger partial charge < -0.3 is 5.32 Å². The fourth-order valence-corrected chi connectivity index (χ4v) is 4.50. The van der Waals surface area contributed by atoms with Crippen LogP contribution in [0.4, 0.5) is 5.69 Å². The minimum Gasteiger partial charge on any atom is -0.352 e. The molecule has 1 N–H and O–H groups in total. The molecular weight excluding hydrogens is 396 g/mol. The lowest BCUT2D eigenvalue weighted by Gasteiger charge is -2.23. The highest BCUT2D eigenvalue weighted by atomic mass is 32.2. The number of anilines is 1. The SMILES string of the molecule is Cc1ccc(CN(c2ccc(C(=O)NCCC3=CCCCC3)cc2)S(C)(=O)=O)cc1. The summed E-state index contributed by atoms with van der Waals surface area (Å²) in [7, 11) is -3.46. The molecule has 30 heavy (non-hydrogen) atoms. The van der Waals surface area contributed by atoms with Gasteiger partial charge in [-0.1, -0.05) is 41.5 Å². The van der Waals surface area contributed by atoms with Gasteiger partial charge in [0.15, 0.2) is 0 Å². The first-order chi connectivity index (χ1) is 14.3. The summed E-state index contributed by atoms with van der Waals surface area (Å²) in [5.74, 6) is -0.137. The van der Waals surface area contributed by atoms with Crippen LogP contribution >= 0.6 is 0 Å². The van der Waals surface area contributed by atoms with Crippen molar-refractivity contribution in [3.63, 3.8) is 0 Å². The van der Waals surface area contributed by atoms with Crippen molar-refractivity contribution in [1.29, 1.82) is 0 Å². The highest BCUT2D eigenvalue weighted by Gasteiger charge is 2.18. The summed E-state index contributed by atoms with van der Waals surface area (Å²) < 4.78 is 26.1. The number of nitrogens with zero attached hydrogens (tertiary/aromatic N) is 1. The molecule has 160 valence electrons. The first kappa shape index (κ1) is 22.1. The Balaban J connectivity index is 1.64. The average molecular weight is 427 g/mol. The lowest BCUT2D eigenvalue weighted by atomic mass is 9.97. The number of carbonyl (C=O) groups is 1. The molecule has 0 saturated heterocycles. The summed E-state index contributed by atoms with van der Waals surface area (Å²) in [5.41, 5.74) is 4.53. The van der Waals surface area contributed by atoms with E-state index in [1.54, 1.807) is 24.3 Å². The number of amides is 1. The van der Waals surface area contributed by atoms with Crippen molar-refractivity contribution < 1.29 is 13.2 Å². The van der Waals surface area contributed by atoms with E-state index in [1.807, 2.05) is 31.2 Å². The molecule has 0 unspecified atom stereocenters. The minimum atomic E-state index is -3.46. The van der Waals surface area contributed by atoms with Gasteiger partial charge >= 0.3 is 0 Å². The zero-order valence-electron chi connectivity index (χ0n) is 17.7. The zero-order valence-corrected chi connectivity index (χ0v) is 18.5. The third kappa shape index (κ3) is 6.20. The van der Waals surface area contributed by atoms with Crippen LogP contribution in [-0.4, -0.2) is 27.1 Å². The number of benzene rings is 2. The largest absolute Gasteiger partial charge is 0.352 e. The van der Waals surface area contributed by atoms with Gasteiger partial charge in [-0.2, -0.15) is 0 Å². The molecule has 0 atom stereocenters. The molecule has 0 aromatic heterocycles. The number of rotatable bonds is 8. The van der Waals surface area contributed by atoms with Gasteiger partial charge in [-0.15, -0.1) is 0 Å². The van der Waals surface area contributed by atoms with E-state index < -0.39 is 10.0 Å². The van der Waals surface area contributed by atoms with E-state index in [0.717, 1.165) is 30.4 Å². The molecule has 0 fully saturated rings. The van der Waals surface area contributed by atoms with Crippen molar-refractivity contribution in [2.75, 3.05) is 17.1 Å². The van der Waals surface area contributed by atoms with Crippen LogP contribution in [0.25, 0.3) is 0 Å². The van der Waals surface area contributed by atoms with Crippen molar-refractivity contribution >= 4 is 21.6 Å². The molecule has 1 aliphatic rings. The molecule has 0 aliphatic heterocycles. The van der Waals surface area contributed by atoms with Crippen molar-refractivity contribution in [1.82, 2.24) is 5.32 Å². The van der Waals surface area contributed by atoms with Crippen molar-refractivity contribution in [2.45, 2.75) is 45.6 Å². The van der Waals surface area contributed by atoms with Crippen LogP contribution in [-0.2, 0) is 16.6 Å². The monoisotopic (exact) mass is 426 g/mol. The van der Waals surface area contributed by atoms with E-state index in [9.17, 15) is 13.2 Å². The van der Waals surface area contributed by atoms with Gasteiger partial charge in [-0.25, -0.2) is 8.42 Å². The molecule has 5 nitrogen and oxygen atoms in total. The first-order valence-electron chi connectivity index (χ1n) is 10.4. The van der Waals surface area contributed by atoms with Gasteiger partial charge in [0.25, 0.3) is 5.91 Å². The van der Waals surface area contributed by atoms with Crippen molar-refractivity contribution in [2.24, 2.45) is 0 Å². The summed E-state index contributed by atoms with van der Waals surface area (Å²) in [6, 6.07) is 14.5. The Hall–Kier alpha value is -2.60. The normalized spacial score (nSPS) is 14.1. The molecule has 1 amide bonds. The Morgan fingerprint density at radius 1 is 1.03 bits per heavy atom. The number of aryl methyl sites for hydroxylation is 1. The average Bonchev–Trinajstić information content (AvgIpc) is 2.73. The van der Waals surface area contributed by atoms with E-state index in [1.165, 1.54) is 29.0 Å². The highest BCUT2D eigenvalue weighted by molar-refractivity contribution is 7.92. The van der Waals surface area contributed by atoms with Crippen molar-refractivity contribution in [3.8, 4) is 0 Å². The summed E-state index contributed by atoms with van der Waals surface area (Å²) in [6.07, 6.45) is 9.15. The molecule has 0 spiro atoms. The number of sulfonamides is 1. The molecular formula is C24H30N2O3S. The second-order valence-electron chi connectivity index (χ2n) is 7.92. The summed E-state index contributed by atoms with van der Waals surface area (Å²) in [4.78, 5) is 12.4. The van der Waals surface area contributed by atoms with Gasteiger partial charge in [0, 0.05) is 12.1 Å². The van der Waals surface area contributed by atoms with E-state index in [2.05, 4.69) is 11.4 Å². The summed E-state index contributed by atoms with van der Waals surface area (Å²) in [5, 5.41) is 2.96. The summed E-state index contributed by atoms with van der Waals surface area (Å²) in [6.45, 7) is 2.86. The Labute approximate surface area is 179 Å². The van der Waals surface area contributed by atoms with E-state index in [4.69, 9.17) is 0 Å². The van der Waals surface area contributed by atoms with Crippen LogP contribution in [0.5, 0.6) is 0 Å². The maximum atomic E-state index is 12.4. The molecule has 0 bridgehead atoms. The molecule has 0 heterocycles. The standard InChI is InChI=1S/C24H30N2O3S/c1-19-8-10-21(11-9-19)18-26(30(2,28)29)23-14-12-22(13-15-23)24(27)25-17-16-20-6-4-3-5-7-20/h6,8-15H,3-5,7,16-18H2,1-2H3,(H,25,27). The van der Waals surface area contributed by atoms with Crippen LogP contribution < -0.4 is 9.62 Å². The fourth-order valence-electron chi connectivity index (χ4n) is 3.61. The number of allylic oxidation sites excluding steroid dienone is 1. The third-order valence-electron chi connectivity index (χ3n) is 5.38. The molecule has 0 saturated carbocycles. The Bertz CT molecular complexity index is 994. The number of hydrogen-bond acceptors (Lipinski definition) is 3. The molecule has 0 radical (unpaired) electrons. The maximum absolute atomic E-state index is 12.4. The quantitative estimate of drug-likeness (QED) is 0.628. The lowest BCUT2D eigenvalue weighted by Crippen LogP contribution is -2.29. The van der Waals surface area contributed by atoms with Gasteiger partial charge in [0.05, 0.1) is 18.5 Å². The summed E-state index contributed by atoms with van der Waals surface area (Å²) >= 11 is 0. The minimum absolute atomic E-state index is 0.137. The smallest absolute Gasteiger partial charge is 0.251 e. The molecule has 2 aromatic carbocycles. The third-order valence-corrected chi connectivity index (χ3v) is 6.52. The second-order valence-corrected chi connectivity index (χ2v) is 9.82. The molecule has 1 aliphatic carbocycles. The van der Waals surface area contributed by atoms with Crippen LogP contribution in [0.2, 0.25) is 0 Å². The second kappa shape index (κ2) is 9.94. The Kier molecular flexibility index (Phi) is 7.32. The van der Waals surface area contributed by atoms with E-state index in [0.29, 0.717) is 17.8 Å². The predicted molar refractivity (Wildman–Crippen MR) is 122 cm³/mol. The maximum Gasteiger partial charge on any atom is 0.251 e. The van der Waals surface area contributed by atoms with Crippen LogP contribution in [0.3, 0.4) is 0 Å². The van der Waals surface area contributed by atoms with Gasteiger partial charge in [0.2, 0.25) is 10.0 Å². The Morgan fingerprint density at radius 3 is 2.33 bits per heavy atom. The van der Waals surface area contributed by atoms with Gasteiger partial charge in [-0.05, 0) is 68.9 Å². The zero-order chi connectivity index (χ0) is 21.6. The number of nitrogens with one attached hydrogen (secondary N) is 1. The molecule has 6 heteroatoms. The van der Waals surface area contributed by atoms with Crippen LogP contribution in [0.15, 0.2) is 60.2 Å². The topological polar surface area (TPSA) is 66.5 Å². The van der Waals surface area contributed by atoms with E-state index in [-0.39, 0.29) is 12.5 Å². The van der Waals surface area contributed by atoms with Gasteiger partial charge in [0.1, 0.15) is 0 Å². The lowest BCUT2D eigenvalue weighted by molar-refractivity contribution is 0.0954. The van der Waals surface area contributed by atoms with Crippen LogP contribution in [0.1, 0.15) is 53.6 Å². The predicted octanol–water partition coefficient (Wildman–Crippen LogP) is 4.58. The fraction of sp³-hybridized carbons (Fsp3) is 0.375. The van der Waals surface area contributed by atoms with Crippen molar-refractivity contribution in [3.05, 3.63) is 76.9 Å². The molecule has 3 rings (SSSR count). The Morgan fingerprint density at radius 2 is 1.73 bits per heavy atom. The van der Waals surface area contributed by atoms with E-state index >= 15 is 0 Å². The van der Waals surface area contributed by atoms with Gasteiger partial charge in [-0.3, -0.25) is 9.10 Å². The number of carbonyl (C=O) groups excluding carboxylic acids is 1. The first-order valence-corrected chi connectivity index (χ1v) is 12.3. The highest BCUT2D eigenvalue weighted by Crippen LogP contribution is 2.22. The van der Waals surface area contributed by atoms with Crippen LogP contribution in [0, 0.1) is 6.92 Å². The number of hydrogen-bond donors (Lipinski definition) is 1.